The fraction of sp³-hybridized carbons (Fsp3) is 0.263. The lowest BCUT2D eigenvalue weighted by Crippen LogP contribution is -2.24. The molecule has 2 heterocycles. The van der Waals surface area contributed by atoms with Crippen LogP contribution in [0.5, 0.6) is 0 Å². The minimum Gasteiger partial charge on any atom is -0.351 e. The molecule has 1 N–H and O–H groups in total. The van der Waals surface area contributed by atoms with Gasteiger partial charge in [0.25, 0.3) is 5.91 Å². The van der Waals surface area contributed by atoms with E-state index in [1.807, 2.05) is 10.8 Å². The molecule has 0 atom stereocenters. The average Bonchev–Trinajstić information content (AvgIpc) is 3.28. The molecule has 24 heavy (non-hydrogen) atoms. The van der Waals surface area contributed by atoms with Crippen LogP contribution in [-0.4, -0.2) is 22.0 Å². The van der Waals surface area contributed by atoms with Gasteiger partial charge < -0.3 is 9.88 Å². The SMILES string of the molecule is O=C(NCCCn1ccnc1)c1cc2c(s1)-c1ccccc1CC2. The highest BCUT2D eigenvalue weighted by atomic mass is 32.1. The molecule has 1 aromatic carbocycles. The van der Waals surface area contributed by atoms with Crippen molar-refractivity contribution in [3.8, 4) is 10.4 Å². The molecule has 0 spiro atoms. The van der Waals surface area contributed by atoms with Crippen LogP contribution >= 0.6 is 11.3 Å². The first kappa shape index (κ1) is 15.1. The number of imidazole rings is 1. The number of fused-ring (bicyclic) bond motifs is 3. The first-order chi connectivity index (χ1) is 11.8. The molecule has 0 saturated heterocycles. The molecule has 2 aromatic heterocycles. The van der Waals surface area contributed by atoms with Crippen molar-refractivity contribution < 1.29 is 4.79 Å². The van der Waals surface area contributed by atoms with Crippen molar-refractivity contribution in [2.75, 3.05) is 6.54 Å². The molecule has 0 fully saturated rings. The van der Waals surface area contributed by atoms with Crippen molar-refractivity contribution in [2.24, 2.45) is 0 Å². The molecule has 0 radical (unpaired) electrons. The number of nitrogens with zero attached hydrogens (tertiary/aromatic N) is 2. The molecule has 0 unspecified atom stereocenters. The summed E-state index contributed by atoms with van der Waals surface area (Å²) in [6.07, 6.45) is 8.49. The van der Waals surface area contributed by atoms with Gasteiger partial charge in [0.15, 0.2) is 0 Å². The summed E-state index contributed by atoms with van der Waals surface area (Å²) in [5.41, 5.74) is 3.99. The van der Waals surface area contributed by atoms with E-state index in [1.165, 1.54) is 21.6 Å². The number of aromatic nitrogens is 2. The summed E-state index contributed by atoms with van der Waals surface area (Å²) < 4.78 is 2.02. The third-order valence-electron chi connectivity index (χ3n) is 4.40. The highest BCUT2D eigenvalue weighted by Crippen LogP contribution is 2.39. The minimum absolute atomic E-state index is 0.0394. The quantitative estimate of drug-likeness (QED) is 0.724. The van der Waals surface area contributed by atoms with Crippen LogP contribution in [0.25, 0.3) is 10.4 Å². The number of thiophene rings is 1. The molecule has 4 nitrogen and oxygen atoms in total. The molecule has 5 heteroatoms. The van der Waals surface area contributed by atoms with E-state index in [4.69, 9.17) is 0 Å². The summed E-state index contributed by atoms with van der Waals surface area (Å²) in [6, 6.07) is 10.6. The van der Waals surface area contributed by atoms with Gasteiger partial charge in [0.2, 0.25) is 0 Å². The Hall–Kier alpha value is -2.40. The predicted molar refractivity (Wildman–Crippen MR) is 96.3 cm³/mol. The average molecular weight is 337 g/mol. The van der Waals surface area contributed by atoms with Crippen LogP contribution < -0.4 is 5.32 Å². The molecule has 4 rings (SSSR count). The third-order valence-corrected chi connectivity index (χ3v) is 5.61. The van der Waals surface area contributed by atoms with Crippen molar-refractivity contribution in [3.63, 3.8) is 0 Å². The fourth-order valence-corrected chi connectivity index (χ4v) is 4.34. The zero-order chi connectivity index (χ0) is 16.4. The van der Waals surface area contributed by atoms with E-state index in [-0.39, 0.29) is 5.91 Å². The number of rotatable bonds is 5. The summed E-state index contributed by atoms with van der Waals surface area (Å²) in [5.74, 6) is 0.0394. The first-order valence-corrected chi connectivity index (χ1v) is 9.08. The molecular weight excluding hydrogens is 318 g/mol. The van der Waals surface area contributed by atoms with E-state index in [9.17, 15) is 4.79 Å². The Morgan fingerprint density at radius 3 is 3.00 bits per heavy atom. The van der Waals surface area contributed by atoms with Crippen LogP contribution in [0.4, 0.5) is 0 Å². The van der Waals surface area contributed by atoms with Gasteiger partial charge in [-0.25, -0.2) is 4.98 Å². The highest BCUT2D eigenvalue weighted by molar-refractivity contribution is 7.17. The van der Waals surface area contributed by atoms with Gasteiger partial charge in [-0.05, 0) is 42.0 Å². The van der Waals surface area contributed by atoms with Crippen LogP contribution in [0.2, 0.25) is 0 Å². The van der Waals surface area contributed by atoms with Gasteiger partial charge in [0.05, 0.1) is 11.2 Å². The molecule has 0 bridgehead atoms. The van der Waals surface area contributed by atoms with E-state index in [1.54, 1.807) is 23.9 Å². The van der Waals surface area contributed by atoms with E-state index in [0.717, 1.165) is 30.7 Å². The van der Waals surface area contributed by atoms with Crippen LogP contribution in [0.3, 0.4) is 0 Å². The van der Waals surface area contributed by atoms with E-state index < -0.39 is 0 Å². The second kappa shape index (κ2) is 6.61. The number of hydrogen-bond donors (Lipinski definition) is 1. The maximum Gasteiger partial charge on any atom is 0.261 e. The standard InChI is InChI=1S/C19H19N3OS/c23-19(21-8-3-10-22-11-9-20-13-22)17-12-15-7-6-14-4-1-2-5-16(14)18(15)24-17/h1-2,4-5,9,11-13H,3,6-8,10H2,(H,21,23). The second-order valence-corrected chi connectivity index (χ2v) is 7.08. The van der Waals surface area contributed by atoms with Gasteiger partial charge in [-0.2, -0.15) is 0 Å². The molecule has 122 valence electrons. The van der Waals surface area contributed by atoms with E-state index in [2.05, 4.69) is 40.6 Å². The predicted octanol–water partition coefficient (Wildman–Crippen LogP) is 3.53. The normalized spacial score (nSPS) is 12.5. The lowest BCUT2D eigenvalue weighted by molar-refractivity contribution is 0.0956. The van der Waals surface area contributed by atoms with Crippen molar-refractivity contribution in [3.05, 3.63) is 65.1 Å². The van der Waals surface area contributed by atoms with E-state index >= 15 is 0 Å². The molecule has 1 aliphatic rings. The van der Waals surface area contributed by atoms with Crippen LogP contribution in [0.15, 0.2) is 49.1 Å². The Morgan fingerprint density at radius 1 is 1.25 bits per heavy atom. The Morgan fingerprint density at radius 2 is 2.12 bits per heavy atom. The van der Waals surface area contributed by atoms with Gasteiger partial charge in [0.1, 0.15) is 0 Å². The molecule has 1 aliphatic carbocycles. The largest absolute Gasteiger partial charge is 0.351 e. The number of hydrogen-bond acceptors (Lipinski definition) is 3. The number of carbonyl (C=O) groups excluding carboxylic acids is 1. The van der Waals surface area contributed by atoms with Crippen molar-refractivity contribution in [2.45, 2.75) is 25.8 Å². The molecule has 0 saturated carbocycles. The fourth-order valence-electron chi connectivity index (χ4n) is 3.15. The van der Waals surface area contributed by atoms with Gasteiger partial charge in [-0.15, -0.1) is 11.3 Å². The molecular formula is C19H19N3OS. The number of nitrogens with one attached hydrogen (secondary N) is 1. The molecule has 0 aliphatic heterocycles. The Labute approximate surface area is 145 Å². The molecule has 3 aromatic rings. The minimum atomic E-state index is 0.0394. The van der Waals surface area contributed by atoms with Crippen molar-refractivity contribution in [1.29, 1.82) is 0 Å². The van der Waals surface area contributed by atoms with Gasteiger partial charge >= 0.3 is 0 Å². The second-order valence-electron chi connectivity index (χ2n) is 6.03. The summed E-state index contributed by atoms with van der Waals surface area (Å²) in [5, 5.41) is 3.03. The highest BCUT2D eigenvalue weighted by Gasteiger charge is 2.21. The maximum absolute atomic E-state index is 12.4. The van der Waals surface area contributed by atoms with E-state index in [0.29, 0.717) is 6.54 Å². The maximum atomic E-state index is 12.4. The first-order valence-electron chi connectivity index (χ1n) is 8.26. The van der Waals surface area contributed by atoms with Gasteiger partial charge in [-0.3, -0.25) is 4.79 Å². The zero-order valence-electron chi connectivity index (χ0n) is 13.4. The summed E-state index contributed by atoms with van der Waals surface area (Å²) in [4.78, 5) is 18.5. The smallest absolute Gasteiger partial charge is 0.261 e. The van der Waals surface area contributed by atoms with Crippen LogP contribution in [0, 0.1) is 0 Å². The van der Waals surface area contributed by atoms with Crippen LogP contribution in [-0.2, 0) is 19.4 Å². The lowest BCUT2D eigenvalue weighted by atomic mass is 9.91. The van der Waals surface area contributed by atoms with Crippen molar-refractivity contribution in [1.82, 2.24) is 14.9 Å². The monoisotopic (exact) mass is 337 g/mol. The number of carbonyl (C=O) groups is 1. The summed E-state index contributed by atoms with van der Waals surface area (Å²) in [7, 11) is 0. The number of amides is 1. The van der Waals surface area contributed by atoms with Gasteiger partial charge in [0, 0.05) is 30.4 Å². The number of aryl methyl sites for hydroxylation is 3. The molecule has 1 amide bonds. The lowest BCUT2D eigenvalue weighted by Gasteiger charge is -2.15. The Balaban J connectivity index is 1.40. The van der Waals surface area contributed by atoms with Crippen molar-refractivity contribution >= 4 is 17.2 Å². The zero-order valence-corrected chi connectivity index (χ0v) is 14.2. The van der Waals surface area contributed by atoms with Gasteiger partial charge in [-0.1, -0.05) is 24.3 Å². The van der Waals surface area contributed by atoms with Crippen LogP contribution in [0.1, 0.15) is 27.2 Å². The Bertz CT molecular complexity index is 851. The number of benzene rings is 1. The third kappa shape index (κ3) is 2.99. The topological polar surface area (TPSA) is 46.9 Å². The summed E-state index contributed by atoms with van der Waals surface area (Å²) in [6.45, 7) is 1.55. The Kier molecular flexibility index (Phi) is 4.17. The summed E-state index contributed by atoms with van der Waals surface area (Å²) >= 11 is 1.61.